The number of rotatable bonds is 3. The van der Waals surface area contributed by atoms with Crippen molar-refractivity contribution in [1.29, 1.82) is 0 Å². The first-order valence-electron chi connectivity index (χ1n) is 3.45. The van der Waals surface area contributed by atoms with Gasteiger partial charge in [0.1, 0.15) is 6.42 Å². The molecule has 1 aromatic heterocycles. The normalized spacial score (nSPS) is 9.45. The van der Waals surface area contributed by atoms with Crippen LogP contribution in [-0.2, 0) is 11.3 Å². The lowest BCUT2D eigenvalue weighted by molar-refractivity contribution is -0.696. The quantitative estimate of drug-likeness (QED) is 0.639. The molecule has 0 aromatic carbocycles. The van der Waals surface area contributed by atoms with Crippen LogP contribution in [0, 0.1) is 0 Å². The molecule has 0 fully saturated rings. The van der Waals surface area contributed by atoms with Crippen molar-refractivity contribution >= 4 is 5.97 Å². The Bertz CT molecular complexity index is 233. The second kappa shape index (κ2) is 3.71. The lowest BCUT2D eigenvalue weighted by atomic mass is 10.4. The van der Waals surface area contributed by atoms with Crippen LogP contribution >= 0.6 is 0 Å². The van der Waals surface area contributed by atoms with E-state index in [2.05, 4.69) is 0 Å². The SMILES string of the molecule is O=C(O)CC[n+]1ccccc1. The second-order valence-corrected chi connectivity index (χ2v) is 2.26. The highest BCUT2D eigenvalue weighted by Crippen LogP contribution is 1.81. The fourth-order valence-electron chi connectivity index (χ4n) is 0.808. The highest BCUT2D eigenvalue weighted by Gasteiger charge is 2.01. The molecular weight excluding hydrogens is 142 g/mol. The molecule has 0 atom stereocenters. The largest absolute Gasteiger partial charge is 0.481 e. The average Bonchev–Trinajstić information content (AvgIpc) is 2.03. The number of nitrogens with zero attached hydrogens (tertiary/aromatic N) is 1. The van der Waals surface area contributed by atoms with Crippen LogP contribution in [0.2, 0.25) is 0 Å². The summed E-state index contributed by atoms with van der Waals surface area (Å²) in [5, 5.41) is 8.36. The van der Waals surface area contributed by atoms with Crippen LogP contribution in [0.5, 0.6) is 0 Å². The van der Waals surface area contributed by atoms with Gasteiger partial charge in [0, 0.05) is 12.1 Å². The topological polar surface area (TPSA) is 41.2 Å². The Kier molecular flexibility index (Phi) is 2.60. The van der Waals surface area contributed by atoms with Crippen molar-refractivity contribution in [3.8, 4) is 0 Å². The second-order valence-electron chi connectivity index (χ2n) is 2.26. The number of aliphatic carboxylic acids is 1. The predicted octanol–water partition coefficient (Wildman–Crippen LogP) is 0.449. The van der Waals surface area contributed by atoms with Gasteiger partial charge in [-0.25, -0.2) is 4.57 Å². The van der Waals surface area contributed by atoms with Gasteiger partial charge in [0.15, 0.2) is 18.9 Å². The Morgan fingerprint density at radius 3 is 2.45 bits per heavy atom. The van der Waals surface area contributed by atoms with Crippen LogP contribution in [0.15, 0.2) is 30.6 Å². The van der Waals surface area contributed by atoms with Gasteiger partial charge in [-0.05, 0) is 0 Å². The first kappa shape index (κ1) is 7.72. The van der Waals surface area contributed by atoms with Crippen molar-refractivity contribution in [2.45, 2.75) is 13.0 Å². The van der Waals surface area contributed by atoms with Crippen molar-refractivity contribution in [1.82, 2.24) is 0 Å². The average molecular weight is 152 g/mol. The fourth-order valence-corrected chi connectivity index (χ4v) is 0.808. The molecule has 0 saturated heterocycles. The van der Waals surface area contributed by atoms with E-state index in [1.54, 1.807) is 0 Å². The first-order chi connectivity index (χ1) is 5.29. The summed E-state index contributed by atoms with van der Waals surface area (Å²) in [6, 6.07) is 5.65. The third kappa shape index (κ3) is 2.80. The monoisotopic (exact) mass is 152 g/mol. The number of aryl methyl sites for hydroxylation is 1. The molecule has 0 unspecified atom stereocenters. The number of carboxylic acids is 1. The van der Waals surface area contributed by atoms with Crippen LogP contribution in [0.3, 0.4) is 0 Å². The minimum atomic E-state index is -0.763. The summed E-state index contributed by atoms with van der Waals surface area (Å²) in [6.45, 7) is 0.538. The van der Waals surface area contributed by atoms with E-state index in [-0.39, 0.29) is 6.42 Å². The summed E-state index contributed by atoms with van der Waals surface area (Å²) >= 11 is 0. The van der Waals surface area contributed by atoms with Crippen molar-refractivity contribution in [3.63, 3.8) is 0 Å². The number of carboxylic acid groups (broad SMARTS) is 1. The lowest BCUT2D eigenvalue weighted by Gasteiger charge is -1.90. The van der Waals surface area contributed by atoms with Crippen LogP contribution in [0.4, 0.5) is 0 Å². The van der Waals surface area contributed by atoms with E-state index < -0.39 is 5.97 Å². The Morgan fingerprint density at radius 2 is 1.91 bits per heavy atom. The third-order valence-corrected chi connectivity index (χ3v) is 1.36. The molecule has 1 aromatic rings. The highest BCUT2D eigenvalue weighted by atomic mass is 16.4. The molecule has 0 saturated carbocycles. The molecule has 0 spiro atoms. The third-order valence-electron chi connectivity index (χ3n) is 1.36. The van der Waals surface area contributed by atoms with Gasteiger partial charge in [-0.15, -0.1) is 0 Å². The van der Waals surface area contributed by atoms with E-state index in [0.29, 0.717) is 6.54 Å². The van der Waals surface area contributed by atoms with E-state index >= 15 is 0 Å². The number of pyridine rings is 1. The maximum absolute atomic E-state index is 10.2. The molecule has 0 amide bonds. The number of carbonyl (C=O) groups is 1. The zero-order chi connectivity index (χ0) is 8.10. The molecular formula is C8H10NO2+. The Labute approximate surface area is 64.9 Å². The Morgan fingerprint density at radius 1 is 1.27 bits per heavy atom. The van der Waals surface area contributed by atoms with E-state index in [1.165, 1.54) is 0 Å². The van der Waals surface area contributed by atoms with E-state index in [4.69, 9.17) is 5.11 Å². The summed E-state index contributed by atoms with van der Waals surface area (Å²) in [4.78, 5) is 10.2. The van der Waals surface area contributed by atoms with Crippen LogP contribution in [0.25, 0.3) is 0 Å². The molecule has 0 aliphatic rings. The van der Waals surface area contributed by atoms with E-state index in [9.17, 15) is 4.79 Å². The smallest absolute Gasteiger partial charge is 0.309 e. The number of hydrogen-bond donors (Lipinski definition) is 1. The Balaban J connectivity index is 2.45. The maximum Gasteiger partial charge on any atom is 0.309 e. The van der Waals surface area contributed by atoms with Gasteiger partial charge in [0.25, 0.3) is 0 Å². The molecule has 1 rings (SSSR count). The molecule has 1 N–H and O–H groups in total. The van der Waals surface area contributed by atoms with Crippen LogP contribution < -0.4 is 4.57 Å². The van der Waals surface area contributed by atoms with Gasteiger partial charge in [-0.2, -0.15) is 0 Å². The van der Waals surface area contributed by atoms with Gasteiger partial charge in [0.05, 0.1) is 0 Å². The van der Waals surface area contributed by atoms with Gasteiger partial charge in [0.2, 0.25) is 0 Å². The van der Waals surface area contributed by atoms with Crippen molar-refractivity contribution in [2.75, 3.05) is 0 Å². The summed E-state index contributed by atoms with van der Waals surface area (Å²) < 4.78 is 1.84. The zero-order valence-corrected chi connectivity index (χ0v) is 6.10. The molecule has 0 radical (unpaired) electrons. The molecule has 11 heavy (non-hydrogen) atoms. The number of hydrogen-bond acceptors (Lipinski definition) is 1. The molecule has 0 aliphatic carbocycles. The van der Waals surface area contributed by atoms with Crippen LogP contribution in [-0.4, -0.2) is 11.1 Å². The van der Waals surface area contributed by atoms with Gasteiger partial charge >= 0.3 is 5.97 Å². The summed E-state index contributed by atoms with van der Waals surface area (Å²) in [7, 11) is 0. The van der Waals surface area contributed by atoms with Gasteiger partial charge < -0.3 is 5.11 Å². The molecule has 0 bridgehead atoms. The zero-order valence-electron chi connectivity index (χ0n) is 6.10. The lowest BCUT2D eigenvalue weighted by Crippen LogP contribution is -2.33. The van der Waals surface area contributed by atoms with E-state index in [1.807, 2.05) is 35.2 Å². The van der Waals surface area contributed by atoms with Crippen molar-refractivity contribution < 1.29 is 14.5 Å². The fraction of sp³-hybridized carbons (Fsp3) is 0.250. The maximum atomic E-state index is 10.2. The van der Waals surface area contributed by atoms with Gasteiger partial charge in [-0.3, -0.25) is 4.79 Å². The predicted molar refractivity (Wildman–Crippen MR) is 38.9 cm³/mol. The Hall–Kier alpha value is -1.38. The van der Waals surface area contributed by atoms with Crippen LogP contribution in [0.1, 0.15) is 6.42 Å². The summed E-state index contributed by atoms with van der Waals surface area (Å²) in [5.74, 6) is -0.763. The molecule has 58 valence electrons. The summed E-state index contributed by atoms with van der Waals surface area (Å²) in [6.07, 6.45) is 3.88. The highest BCUT2D eigenvalue weighted by molar-refractivity contribution is 5.66. The van der Waals surface area contributed by atoms with Crippen molar-refractivity contribution in [2.24, 2.45) is 0 Å². The molecule has 3 heteroatoms. The van der Waals surface area contributed by atoms with Gasteiger partial charge in [-0.1, -0.05) is 6.07 Å². The standard InChI is InChI=1S/C8H9NO2/c10-8(11)4-7-9-5-2-1-3-6-9/h1-3,5-6H,4,7H2/p+1. The minimum Gasteiger partial charge on any atom is -0.481 e. The van der Waals surface area contributed by atoms with E-state index in [0.717, 1.165) is 0 Å². The van der Waals surface area contributed by atoms with Crippen molar-refractivity contribution in [3.05, 3.63) is 30.6 Å². The molecule has 0 aliphatic heterocycles. The minimum absolute atomic E-state index is 0.175. The number of aromatic nitrogens is 1. The molecule has 1 heterocycles. The first-order valence-corrected chi connectivity index (χ1v) is 3.45. The molecule has 3 nitrogen and oxygen atoms in total. The summed E-state index contributed by atoms with van der Waals surface area (Å²) in [5.41, 5.74) is 0.